The molecule has 8 heteroatoms. The van der Waals surface area contributed by atoms with E-state index in [0.717, 1.165) is 19.6 Å². The largest absolute Gasteiger partial charge is 0.490 e. The standard InChI is InChI=1S/C15H19FN4O2.ClH/c1-3-21-13-10(5-4-6-11(13)16)15-18-14(19-22-15)12-9-17-7-8-20(12)2;/h4-6,12,17H,3,7-9H2,1-2H3;1H. The summed E-state index contributed by atoms with van der Waals surface area (Å²) in [4.78, 5) is 6.60. The van der Waals surface area contributed by atoms with Crippen LogP contribution in [-0.2, 0) is 0 Å². The van der Waals surface area contributed by atoms with E-state index in [1.807, 2.05) is 7.05 Å². The number of ether oxygens (including phenoxy) is 1. The number of aromatic nitrogens is 2. The van der Waals surface area contributed by atoms with Crippen molar-refractivity contribution in [2.45, 2.75) is 13.0 Å². The van der Waals surface area contributed by atoms with Gasteiger partial charge in [-0.1, -0.05) is 11.2 Å². The first-order chi connectivity index (χ1) is 10.7. The van der Waals surface area contributed by atoms with Crippen LogP contribution in [0.2, 0.25) is 0 Å². The number of hydrogen-bond acceptors (Lipinski definition) is 6. The van der Waals surface area contributed by atoms with Crippen LogP contribution in [0.4, 0.5) is 4.39 Å². The molecule has 23 heavy (non-hydrogen) atoms. The molecule has 1 saturated heterocycles. The Morgan fingerprint density at radius 3 is 3.04 bits per heavy atom. The first-order valence-corrected chi connectivity index (χ1v) is 7.37. The number of rotatable bonds is 4. The molecule has 0 amide bonds. The molecule has 2 heterocycles. The highest BCUT2D eigenvalue weighted by atomic mass is 35.5. The van der Waals surface area contributed by atoms with Crippen molar-refractivity contribution >= 4 is 12.4 Å². The number of para-hydroxylation sites is 1. The van der Waals surface area contributed by atoms with E-state index in [1.165, 1.54) is 6.07 Å². The highest BCUT2D eigenvalue weighted by Gasteiger charge is 2.26. The Bertz CT molecular complexity index is 652. The van der Waals surface area contributed by atoms with Crippen molar-refractivity contribution in [1.82, 2.24) is 20.4 Å². The SMILES string of the molecule is CCOc1c(F)cccc1-c1nc(C2CNCCN2C)no1.Cl. The van der Waals surface area contributed by atoms with Crippen LogP contribution >= 0.6 is 12.4 Å². The van der Waals surface area contributed by atoms with E-state index in [9.17, 15) is 4.39 Å². The molecule has 1 aliphatic heterocycles. The minimum absolute atomic E-state index is 0. The van der Waals surface area contributed by atoms with Crippen LogP contribution in [0.5, 0.6) is 5.75 Å². The van der Waals surface area contributed by atoms with Gasteiger partial charge in [-0.05, 0) is 26.1 Å². The third-order valence-electron chi connectivity index (χ3n) is 3.74. The third kappa shape index (κ3) is 3.63. The Morgan fingerprint density at radius 2 is 2.30 bits per heavy atom. The molecule has 0 bridgehead atoms. The van der Waals surface area contributed by atoms with Crippen molar-refractivity contribution in [3.05, 3.63) is 29.8 Å². The van der Waals surface area contributed by atoms with Gasteiger partial charge in [0.05, 0.1) is 18.2 Å². The second kappa shape index (κ2) is 7.72. The first kappa shape index (κ1) is 17.7. The zero-order valence-corrected chi connectivity index (χ0v) is 13.9. The van der Waals surface area contributed by atoms with E-state index in [4.69, 9.17) is 9.26 Å². The van der Waals surface area contributed by atoms with Crippen LogP contribution < -0.4 is 10.1 Å². The third-order valence-corrected chi connectivity index (χ3v) is 3.74. The molecule has 1 unspecified atom stereocenters. The average Bonchev–Trinajstić information content (AvgIpc) is 2.99. The molecule has 1 atom stereocenters. The molecule has 6 nitrogen and oxygen atoms in total. The van der Waals surface area contributed by atoms with Crippen molar-refractivity contribution in [3.63, 3.8) is 0 Å². The molecule has 3 rings (SSSR count). The molecule has 1 fully saturated rings. The second-order valence-corrected chi connectivity index (χ2v) is 5.21. The van der Waals surface area contributed by atoms with E-state index >= 15 is 0 Å². The summed E-state index contributed by atoms with van der Waals surface area (Å²) in [6.07, 6.45) is 0. The molecule has 0 aliphatic carbocycles. The zero-order valence-electron chi connectivity index (χ0n) is 13.1. The van der Waals surface area contributed by atoms with Crippen molar-refractivity contribution in [1.29, 1.82) is 0 Å². The first-order valence-electron chi connectivity index (χ1n) is 7.37. The summed E-state index contributed by atoms with van der Waals surface area (Å²) >= 11 is 0. The lowest BCUT2D eigenvalue weighted by Gasteiger charge is -2.30. The average molecular weight is 343 g/mol. The van der Waals surface area contributed by atoms with Gasteiger partial charge in [0.1, 0.15) is 0 Å². The predicted molar refractivity (Wildman–Crippen MR) is 86.3 cm³/mol. The van der Waals surface area contributed by atoms with Gasteiger partial charge < -0.3 is 14.6 Å². The lowest BCUT2D eigenvalue weighted by Crippen LogP contribution is -2.44. The molecule has 126 valence electrons. The molecular formula is C15H20ClFN4O2. The monoisotopic (exact) mass is 342 g/mol. The van der Waals surface area contributed by atoms with Crippen molar-refractivity contribution in [2.75, 3.05) is 33.3 Å². The Morgan fingerprint density at radius 1 is 1.48 bits per heavy atom. The molecule has 0 saturated carbocycles. The Kier molecular flexibility index (Phi) is 5.92. The van der Waals surface area contributed by atoms with Gasteiger partial charge in [-0.25, -0.2) is 4.39 Å². The molecule has 0 spiro atoms. The normalized spacial score (nSPS) is 18.5. The summed E-state index contributed by atoms with van der Waals surface area (Å²) in [5, 5.41) is 7.36. The summed E-state index contributed by atoms with van der Waals surface area (Å²) in [6, 6.07) is 4.72. The van der Waals surface area contributed by atoms with Crippen molar-refractivity contribution in [3.8, 4) is 17.2 Å². The number of likely N-dealkylation sites (N-methyl/N-ethyl adjacent to an activating group) is 1. The maximum Gasteiger partial charge on any atom is 0.261 e. The molecule has 1 aromatic heterocycles. The molecule has 1 N–H and O–H groups in total. The number of nitrogens with zero attached hydrogens (tertiary/aromatic N) is 3. The lowest BCUT2D eigenvalue weighted by molar-refractivity contribution is 0.190. The van der Waals surface area contributed by atoms with Crippen LogP contribution in [0.25, 0.3) is 11.5 Å². The van der Waals surface area contributed by atoms with Gasteiger partial charge in [0.15, 0.2) is 17.4 Å². The zero-order chi connectivity index (χ0) is 15.5. The summed E-state index contributed by atoms with van der Waals surface area (Å²) in [5.41, 5.74) is 0.479. The van der Waals surface area contributed by atoms with Crippen LogP contribution in [-0.4, -0.2) is 48.3 Å². The van der Waals surface area contributed by atoms with Crippen molar-refractivity contribution in [2.24, 2.45) is 0 Å². The maximum atomic E-state index is 13.9. The fourth-order valence-corrected chi connectivity index (χ4v) is 2.54. The van der Waals surface area contributed by atoms with Crippen LogP contribution in [0.1, 0.15) is 18.8 Å². The minimum atomic E-state index is -0.435. The quantitative estimate of drug-likeness (QED) is 0.919. The van der Waals surface area contributed by atoms with Gasteiger partial charge >= 0.3 is 0 Å². The van der Waals surface area contributed by atoms with Gasteiger partial charge in [0.2, 0.25) is 0 Å². The maximum absolute atomic E-state index is 13.9. The van der Waals surface area contributed by atoms with E-state index in [-0.39, 0.29) is 30.1 Å². The number of hydrogen-bond donors (Lipinski definition) is 1. The van der Waals surface area contributed by atoms with E-state index < -0.39 is 5.82 Å². The molecule has 1 aliphatic rings. The van der Waals surface area contributed by atoms with Gasteiger partial charge in [0.25, 0.3) is 5.89 Å². The number of benzene rings is 1. The Labute approximate surface area is 140 Å². The Hall–Kier alpha value is -1.70. The van der Waals surface area contributed by atoms with Crippen LogP contribution in [0.3, 0.4) is 0 Å². The van der Waals surface area contributed by atoms with Crippen LogP contribution in [0.15, 0.2) is 22.7 Å². The molecule has 0 radical (unpaired) electrons. The summed E-state index contributed by atoms with van der Waals surface area (Å²) in [5.74, 6) is 0.583. The summed E-state index contributed by atoms with van der Waals surface area (Å²) in [6.45, 7) is 4.79. The van der Waals surface area contributed by atoms with Gasteiger partial charge in [0, 0.05) is 19.6 Å². The lowest BCUT2D eigenvalue weighted by atomic mass is 10.1. The highest BCUT2D eigenvalue weighted by Crippen LogP contribution is 2.32. The highest BCUT2D eigenvalue weighted by molar-refractivity contribution is 5.85. The smallest absolute Gasteiger partial charge is 0.261 e. The molecule has 2 aromatic rings. The fourth-order valence-electron chi connectivity index (χ4n) is 2.54. The predicted octanol–water partition coefficient (Wildman–Crippen LogP) is 2.27. The van der Waals surface area contributed by atoms with Gasteiger partial charge in [-0.3, -0.25) is 4.90 Å². The topological polar surface area (TPSA) is 63.4 Å². The molecular weight excluding hydrogens is 323 g/mol. The van der Waals surface area contributed by atoms with Crippen molar-refractivity contribution < 1.29 is 13.7 Å². The minimum Gasteiger partial charge on any atom is -0.490 e. The second-order valence-electron chi connectivity index (χ2n) is 5.21. The molecule has 1 aromatic carbocycles. The number of halogens is 2. The fraction of sp³-hybridized carbons (Fsp3) is 0.467. The number of nitrogens with one attached hydrogen (secondary N) is 1. The Balaban J connectivity index is 0.00000192. The van der Waals surface area contributed by atoms with Gasteiger partial charge in [-0.2, -0.15) is 4.98 Å². The summed E-state index contributed by atoms with van der Waals surface area (Å²) in [7, 11) is 2.02. The summed E-state index contributed by atoms with van der Waals surface area (Å²) < 4.78 is 24.6. The van der Waals surface area contributed by atoms with E-state index in [2.05, 4.69) is 20.4 Å². The van der Waals surface area contributed by atoms with Gasteiger partial charge in [-0.15, -0.1) is 12.4 Å². The van der Waals surface area contributed by atoms with Crippen LogP contribution in [0, 0.1) is 5.82 Å². The van der Waals surface area contributed by atoms with E-state index in [1.54, 1.807) is 19.1 Å². The number of piperazine rings is 1. The van der Waals surface area contributed by atoms with E-state index in [0.29, 0.717) is 18.0 Å².